The van der Waals surface area contributed by atoms with Crippen LogP contribution >= 0.6 is 0 Å². The fourth-order valence-corrected chi connectivity index (χ4v) is 4.05. The second kappa shape index (κ2) is 11.0. The van der Waals surface area contributed by atoms with Gasteiger partial charge in [-0.3, -0.25) is 14.6 Å². The van der Waals surface area contributed by atoms with Crippen molar-refractivity contribution in [2.45, 2.75) is 37.8 Å². The van der Waals surface area contributed by atoms with Gasteiger partial charge in [-0.15, -0.1) is 0 Å². The van der Waals surface area contributed by atoms with E-state index in [0.717, 1.165) is 31.7 Å². The van der Waals surface area contributed by atoms with E-state index in [1.807, 2.05) is 0 Å². The van der Waals surface area contributed by atoms with Crippen molar-refractivity contribution in [2.24, 2.45) is 11.5 Å². The molecule has 188 valence electrons. The van der Waals surface area contributed by atoms with Crippen molar-refractivity contribution in [3.05, 3.63) is 65.7 Å². The minimum absolute atomic E-state index is 0.0261. The number of methoxy groups -OCH3 is 1. The quantitative estimate of drug-likeness (QED) is 0.319. The van der Waals surface area contributed by atoms with Gasteiger partial charge in [0.1, 0.15) is 11.6 Å². The predicted octanol–water partition coefficient (Wildman–Crippen LogP) is 3.40. The highest BCUT2D eigenvalue weighted by molar-refractivity contribution is 6.04. The van der Waals surface area contributed by atoms with Gasteiger partial charge >= 0.3 is 0 Å². The molecule has 4 rings (SSSR count). The lowest BCUT2D eigenvalue weighted by Crippen LogP contribution is -2.43. The number of ether oxygens (including phenoxy) is 1. The zero-order chi connectivity index (χ0) is 25.7. The number of halogens is 1. The number of amides is 2. The molecule has 2 amide bonds. The highest BCUT2D eigenvalue weighted by Crippen LogP contribution is 2.27. The fourth-order valence-electron chi connectivity index (χ4n) is 4.05. The van der Waals surface area contributed by atoms with E-state index in [2.05, 4.69) is 25.9 Å². The van der Waals surface area contributed by atoms with Crippen LogP contribution in [0.5, 0.6) is 5.75 Å². The monoisotopic (exact) mass is 493 g/mol. The summed E-state index contributed by atoms with van der Waals surface area (Å²) in [4.78, 5) is 33.0. The third-order valence-corrected chi connectivity index (χ3v) is 5.99. The number of aromatic nitrogens is 2. The zero-order valence-electron chi connectivity index (χ0n) is 19.8. The third-order valence-electron chi connectivity index (χ3n) is 5.99. The summed E-state index contributed by atoms with van der Waals surface area (Å²) < 4.78 is 19.9. The molecule has 1 saturated carbocycles. The maximum atomic E-state index is 14.8. The molecule has 2 heterocycles. The van der Waals surface area contributed by atoms with Gasteiger partial charge < -0.3 is 32.2 Å². The van der Waals surface area contributed by atoms with Crippen molar-refractivity contribution >= 4 is 34.8 Å². The number of nitrogens with two attached hydrogens (primary N) is 2. The Morgan fingerprint density at radius 1 is 1.06 bits per heavy atom. The molecule has 1 aliphatic rings. The number of pyridine rings is 2. The summed E-state index contributed by atoms with van der Waals surface area (Å²) >= 11 is 0. The number of carbonyl (C=O) groups excluding carboxylic acids is 2. The van der Waals surface area contributed by atoms with Gasteiger partial charge in [0.25, 0.3) is 11.8 Å². The first kappa shape index (κ1) is 24.9. The number of carbonyl (C=O) groups is 2. The highest BCUT2D eigenvalue weighted by atomic mass is 19.1. The summed E-state index contributed by atoms with van der Waals surface area (Å²) in [5, 5.41) is 8.79. The lowest BCUT2D eigenvalue weighted by Gasteiger charge is -2.30. The molecule has 0 spiro atoms. The van der Waals surface area contributed by atoms with Crippen LogP contribution in [0.1, 0.15) is 46.4 Å². The molecule has 2 atom stereocenters. The number of anilines is 4. The van der Waals surface area contributed by atoms with Crippen molar-refractivity contribution in [1.29, 1.82) is 0 Å². The Bertz CT molecular complexity index is 1250. The lowest BCUT2D eigenvalue weighted by atomic mass is 9.91. The molecule has 11 heteroatoms. The Morgan fingerprint density at radius 3 is 2.47 bits per heavy atom. The number of hydrogen-bond donors (Lipinski definition) is 5. The molecule has 0 radical (unpaired) electrons. The number of primary amides is 1. The van der Waals surface area contributed by atoms with E-state index in [1.165, 1.54) is 12.4 Å². The van der Waals surface area contributed by atoms with Gasteiger partial charge in [0.05, 0.1) is 36.4 Å². The fraction of sp³-hybridized carbons (Fsp3) is 0.280. The van der Waals surface area contributed by atoms with Crippen molar-refractivity contribution < 1.29 is 18.7 Å². The van der Waals surface area contributed by atoms with E-state index in [9.17, 15) is 14.0 Å². The summed E-state index contributed by atoms with van der Waals surface area (Å²) in [7, 11) is 1.54. The van der Waals surface area contributed by atoms with Gasteiger partial charge in [0.2, 0.25) is 0 Å². The number of hydrogen-bond acceptors (Lipinski definition) is 8. The molecule has 10 nitrogen and oxygen atoms in total. The van der Waals surface area contributed by atoms with Gasteiger partial charge in [-0.25, -0.2) is 9.37 Å². The second-order valence-corrected chi connectivity index (χ2v) is 8.55. The molecule has 0 aliphatic heterocycles. The Morgan fingerprint density at radius 2 is 1.78 bits per heavy atom. The Balaban J connectivity index is 1.54. The largest absolute Gasteiger partial charge is 0.497 e. The number of rotatable bonds is 8. The topological polar surface area (TPSA) is 157 Å². The van der Waals surface area contributed by atoms with E-state index < -0.39 is 11.7 Å². The molecule has 3 aromatic rings. The first-order chi connectivity index (χ1) is 17.3. The summed E-state index contributed by atoms with van der Waals surface area (Å²) in [6.07, 6.45) is 6.59. The Kier molecular flexibility index (Phi) is 7.59. The minimum Gasteiger partial charge on any atom is -0.497 e. The van der Waals surface area contributed by atoms with Crippen molar-refractivity contribution in [2.75, 3.05) is 23.1 Å². The first-order valence-electron chi connectivity index (χ1n) is 11.5. The molecule has 2 unspecified atom stereocenters. The maximum absolute atomic E-state index is 14.8. The van der Waals surface area contributed by atoms with Gasteiger partial charge in [-0.2, -0.15) is 0 Å². The SMILES string of the molecule is COc1ccc(C(=O)Nc2cncc(Nc3nc(NC4CCCCC4N)c(F)cc3C(N)=O)c2)cc1. The summed E-state index contributed by atoms with van der Waals surface area (Å²) in [5.41, 5.74) is 12.8. The molecule has 1 aliphatic carbocycles. The molecule has 0 saturated heterocycles. The standard InChI is InChI=1S/C25H28FN7O3/c1-36-17-8-6-14(7-9-17)25(35)31-16-10-15(12-29-13-16)30-23-18(22(28)34)11-19(26)24(33-23)32-21-5-3-2-4-20(21)27/h6-13,20-21H,2-5,27H2,1H3,(H2,28,34)(H,31,35)(H2,30,32,33). The number of nitrogens with one attached hydrogen (secondary N) is 3. The van der Waals surface area contributed by atoms with Gasteiger partial charge in [-0.1, -0.05) is 12.8 Å². The molecule has 1 fully saturated rings. The third kappa shape index (κ3) is 5.87. The zero-order valence-corrected chi connectivity index (χ0v) is 19.8. The normalized spacial score (nSPS) is 17.2. The predicted molar refractivity (Wildman–Crippen MR) is 135 cm³/mol. The Hall–Kier alpha value is -4.25. The van der Waals surface area contributed by atoms with E-state index in [1.54, 1.807) is 37.4 Å². The Labute approximate surface area is 207 Å². The molecule has 2 aromatic heterocycles. The van der Waals surface area contributed by atoms with Crippen LogP contribution in [0.25, 0.3) is 0 Å². The average molecular weight is 494 g/mol. The summed E-state index contributed by atoms with van der Waals surface area (Å²) in [6.45, 7) is 0. The van der Waals surface area contributed by atoms with E-state index in [0.29, 0.717) is 22.7 Å². The molecule has 36 heavy (non-hydrogen) atoms. The average Bonchev–Trinajstić information content (AvgIpc) is 2.87. The van der Waals surface area contributed by atoms with Crippen molar-refractivity contribution in [3.63, 3.8) is 0 Å². The second-order valence-electron chi connectivity index (χ2n) is 8.55. The molecule has 1 aromatic carbocycles. The number of nitrogens with zero attached hydrogens (tertiary/aromatic N) is 2. The minimum atomic E-state index is -0.846. The smallest absolute Gasteiger partial charge is 0.255 e. The molecule has 7 N–H and O–H groups in total. The van der Waals surface area contributed by atoms with Crippen LogP contribution in [0.15, 0.2) is 48.8 Å². The van der Waals surface area contributed by atoms with Gasteiger partial charge in [0, 0.05) is 17.6 Å². The summed E-state index contributed by atoms with van der Waals surface area (Å²) in [6, 6.07) is 9.03. The van der Waals surface area contributed by atoms with Crippen LogP contribution in [0.3, 0.4) is 0 Å². The van der Waals surface area contributed by atoms with Gasteiger partial charge in [-0.05, 0) is 49.2 Å². The first-order valence-corrected chi connectivity index (χ1v) is 11.5. The van der Waals surface area contributed by atoms with Crippen LogP contribution in [-0.4, -0.2) is 41.0 Å². The molecular formula is C25H28FN7O3. The van der Waals surface area contributed by atoms with Crippen LogP contribution in [0.4, 0.5) is 27.4 Å². The number of benzene rings is 1. The summed E-state index contributed by atoms with van der Waals surface area (Å²) in [5.74, 6) is -1.23. The van der Waals surface area contributed by atoms with E-state index in [-0.39, 0.29) is 35.2 Å². The highest BCUT2D eigenvalue weighted by Gasteiger charge is 2.24. The van der Waals surface area contributed by atoms with Gasteiger partial charge in [0.15, 0.2) is 11.6 Å². The van der Waals surface area contributed by atoms with Crippen LogP contribution < -0.4 is 32.2 Å². The molecule has 0 bridgehead atoms. The lowest BCUT2D eigenvalue weighted by molar-refractivity contribution is 0.0997. The van der Waals surface area contributed by atoms with E-state index in [4.69, 9.17) is 16.2 Å². The van der Waals surface area contributed by atoms with E-state index >= 15 is 0 Å². The van der Waals surface area contributed by atoms with Crippen LogP contribution in [0.2, 0.25) is 0 Å². The maximum Gasteiger partial charge on any atom is 0.255 e. The van der Waals surface area contributed by atoms with Crippen molar-refractivity contribution in [3.8, 4) is 5.75 Å². The molecular weight excluding hydrogens is 465 g/mol. The van der Waals surface area contributed by atoms with Crippen LogP contribution in [-0.2, 0) is 0 Å². The van der Waals surface area contributed by atoms with Crippen LogP contribution in [0, 0.1) is 5.82 Å². The van der Waals surface area contributed by atoms with Crippen molar-refractivity contribution in [1.82, 2.24) is 9.97 Å².